The number of rotatable bonds is 8. The third kappa shape index (κ3) is 6.17. The van der Waals surface area contributed by atoms with E-state index in [1.165, 1.54) is 113 Å². The zero-order valence-electron chi connectivity index (χ0n) is 38.6. The maximum atomic E-state index is 2.58. The summed E-state index contributed by atoms with van der Waals surface area (Å²) in [4.78, 5) is 0. The quantitative estimate of drug-likeness (QED) is 0.0622. The molecule has 69 heavy (non-hydrogen) atoms. The third-order valence-electron chi connectivity index (χ3n) is 14.7. The van der Waals surface area contributed by atoms with Crippen molar-refractivity contribution in [1.29, 1.82) is 0 Å². The molecule has 0 aliphatic carbocycles. The normalized spacial score (nSPS) is 12.5. The number of nitrogens with zero attached hydrogens (tertiary/aromatic N) is 2. The standard InChI is InChI=1S/C66H48N2Si/c1-3-22-49(4-2)69(50-25-10-6-11-26-50,51-27-12-7-13-28-51)65-44-48(43-60-54-31-15-14-29-52(54)53-30-16-17-34-57(53)66(60)65)68-62-36-21-19-33-56(62)59-42-46(38-40-64(59)68)45-37-39-63-58(41-45)55-32-18-20-35-61(55)67(63)47-23-8-5-9-24-47/h3-44H,1-2H3/b22-3-,49-4+. The van der Waals surface area contributed by atoms with Crippen LogP contribution in [-0.4, -0.2) is 17.2 Å². The number of benzene rings is 11. The molecule has 0 saturated carbocycles. The molecule has 2 heterocycles. The molecule has 0 bridgehead atoms. The summed E-state index contributed by atoms with van der Waals surface area (Å²) < 4.78 is 4.93. The molecule has 3 heteroatoms. The molecular weight excluding hydrogens is 849 g/mol. The lowest BCUT2D eigenvalue weighted by Gasteiger charge is -2.37. The van der Waals surface area contributed by atoms with Gasteiger partial charge >= 0.3 is 0 Å². The van der Waals surface area contributed by atoms with Gasteiger partial charge in [-0.25, -0.2) is 0 Å². The highest BCUT2D eigenvalue weighted by Crippen LogP contribution is 2.41. The highest BCUT2D eigenvalue weighted by Gasteiger charge is 2.44. The summed E-state index contributed by atoms with van der Waals surface area (Å²) in [5.41, 5.74) is 9.51. The lowest BCUT2D eigenvalue weighted by Crippen LogP contribution is -2.68. The smallest absolute Gasteiger partial charge is 0.180 e. The molecular formula is C66H48N2Si. The van der Waals surface area contributed by atoms with Crippen LogP contribution in [0.2, 0.25) is 0 Å². The first-order chi connectivity index (χ1) is 34.2. The Morgan fingerprint density at radius 2 is 0.768 bits per heavy atom. The Morgan fingerprint density at radius 1 is 0.348 bits per heavy atom. The van der Waals surface area contributed by atoms with E-state index in [0.29, 0.717) is 0 Å². The fourth-order valence-corrected chi connectivity index (χ4v) is 17.0. The van der Waals surface area contributed by atoms with Crippen molar-refractivity contribution < 1.29 is 0 Å². The topological polar surface area (TPSA) is 9.86 Å². The van der Waals surface area contributed by atoms with E-state index in [-0.39, 0.29) is 0 Å². The summed E-state index contributed by atoms with van der Waals surface area (Å²) >= 11 is 0. The molecule has 2 nitrogen and oxygen atoms in total. The van der Waals surface area contributed by atoms with E-state index in [2.05, 4.69) is 278 Å². The SMILES string of the molecule is C/C=C\C(=C/C)[Si](c1ccccc1)(c1ccccc1)c1cc(-n2c3ccccc3c3cc(-c4ccc5c(c4)c4ccccc4n5-c4ccccc4)ccc32)cc2c3ccccc3c3ccccc3c12. The van der Waals surface area contributed by atoms with Crippen LogP contribution in [0.1, 0.15) is 13.8 Å². The van der Waals surface area contributed by atoms with Crippen molar-refractivity contribution in [3.63, 3.8) is 0 Å². The Morgan fingerprint density at radius 3 is 1.29 bits per heavy atom. The molecule has 0 radical (unpaired) electrons. The average molecular weight is 897 g/mol. The number of para-hydroxylation sites is 3. The van der Waals surface area contributed by atoms with Crippen LogP contribution in [0.25, 0.3) is 98.4 Å². The second-order valence-electron chi connectivity index (χ2n) is 18.2. The van der Waals surface area contributed by atoms with Crippen molar-refractivity contribution in [2.75, 3.05) is 0 Å². The van der Waals surface area contributed by atoms with Crippen LogP contribution < -0.4 is 15.6 Å². The summed E-state index contributed by atoms with van der Waals surface area (Å²) in [5.74, 6) is 0. The highest BCUT2D eigenvalue weighted by atomic mass is 28.3. The van der Waals surface area contributed by atoms with Gasteiger partial charge in [-0.05, 0) is 139 Å². The van der Waals surface area contributed by atoms with Gasteiger partial charge in [-0.1, -0.05) is 194 Å². The number of hydrogen-bond acceptors (Lipinski definition) is 0. The van der Waals surface area contributed by atoms with Gasteiger partial charge in [0.1, 0.15) is 0 Å². The van der Waals surface area contributed by atoms with Crippen LogP contribution in [-0.2, 0) is 0 Å². The molecule has 0 amide bonds. The van der Waals surface area contributed by atoms with E-state index in [9.17, 15) is 0 Å². The largest absolute Gasteiger partial charge is 0.309 e. The molecule has 13 aromatic rings. The van der Waals surface area contributed by atoms with Crippen molar-refractivity contribution in [3.05, 3.63) is 260 Å². The van der Waals surface area contributed by atoms with E-state index in [0.717, 1.165) is 5.69 Å². The number of hydrogen-bond donors (Lipinski definition) is 0. The van der Waals surface area contributed by atoms with E-state index in [1.807, 2.05) is 0 Å². The first-order valence-electron chi connectivity index (χ1n) is 24.1. The molecule has 0 aliphatic rings. The lowest BCUT2D eigenvalue weighted by atomic mass is 9.94. The zero-order valence-corrected chi connectivity index (χ0v) is 39.6. The fraction of sp³-hybridized carbons (Fsp3) is 0.0303. The molecule has 13 rings (SSSR count). The molecule has 0 unspecified atom stereocenters. The minimum atomic E-state index is -3.08. The van der Waals surface area contributed by atoms with Gasteiger partial charge in [0.2, 0.25) is 0 Å². The summed E-state index contributed by atoms with van der Waals surface area (Å²) in [6, 6.07) is 88.5. The van der Waals surface area contributed by atoms with Crippen molar-refractivity contribution in [1.82, 2.24) is 9.13 Å². The second kappa shape index (κ2) is 16.4. The molecule has 0 spiro atoms. The Labute approximate surface area is 403 Å². The Balaban J connectivity index is 1.13. The predicted molar refractivity (Wildman–Crippen MR) is 299 cm³/mol. The van der Waals surface area contributed by atoms with Crippen LogP contribution in [0.3, 0.4) is 0 Å². The minimum absolute atomic E-state index is 1.16. The van der Waals surface area contributed by atoms with Crippen molar-refractivity contribution in [2.24, 2.45) is 0 Å². The van der Waals surface area contributed by atoms with Gasteiger partial charge in [0.05, 0.1) is 22.1 Å². The van der Waals surface area contributed by atoms with E-state index < -0.39 is 8.07 Å². The van der Waals surface area contributed by atoms with Gasteiger partial charge in [0, 0.05) is 32.9 Å². The number of aromatic nitrogens is 2. The lowest BCUT2D eigenvalue weighted by molar-refractivity contribution is 1.18. The number of fused-ring (bicyclic) bond motifs is 12. The summed E-state index contributed by atoms with van der Waals surface area (Å²) in [7, 11) is -3.08. The first-order valence-corrected chi connectivity index (χ1v) is 26.1. The van der Waals surface area contributed by atoms with Crippen molar-refractivity contribution in [2.45, 2.75) is 13.8 Å². The maximum absolute atomic E-state index is 3.08. The predicted octanol–water partition coefficient (Wildman–Crippen LogP) is 15.5. The van der Waals surface area contributed by atoms with Gasteiger partial charge < -0.3 is 9.13 Å². The Hall–Kier alpha value is -8.50. The summed E-state index contributed by atoms with van der Waals surface area (Å²) in [6.45, 7) is 4.38. The van der Waals surface area contributed by atoms with Crippen LogP contribution in [0.15, 0.2) is 260 Å². The van der Waals surface area contributed by atoms with Gasteiger partial charge in [0.25, 0.3) is 0 Å². The molecule has 2 aromatic heterocycles. The number of allylic oxidation sites excluding steroid dienone is 4. The van der Waals surface area contributed by atoms with Crippen LogP contribution in [0.4, 0.5) is 0 Å². The average Bonchev–Trinajstić information content (AvgIpc) is 3.94. The first kappa shape index (κ1) is 40.7. The van der Waals surface area contributed by atoms with E-state index in [1.54, 1.807) is 0 Å². The highest BCUT2D eigenvalue weighted by molar-refractivity contribution is 7.17. The van der Waals surface area contributed by atoms with Gasteiger partial charge in [-0.2, -0.15) is 0 Å². The van der Waals surface area contributed by atoms with E-state index in [4.69, 9.17) is 0 Å². The molecule has 0 aliphatic heterocycles. The minimum Gasteiger partial charge on any atom is -0.309 e. The summed E-state index contributed by atoms with van der Waals surface area (Å²) in [5, 5.41) is 18.1. The van der Waals surface area contributed by atoms with Gasteiger partial charge in [-0.3, -0.25) is 0 Å². The third-order valence-corrected chi connectivity index (χ3v) is 19.6. The van der Waals surface area contributed by atoms with Crippen molar-refractivity contribution in [3.8, 4) is 22.5 Å². The van der Waals surface area contributed by atoms with Gasteiger partial charge in [0.15, 0.2) is 8.07 Å². The van der Waals surface area contributed by atoms with Crippen LogP contribution in [0, 0.1) is 0 Å². The monoisotopic (exact) mass is 896 g/mol. The molecule has 0 fully saturated rings. The zero-order chi connectivity index (χ0) is 46.1. The summed E-state index contributed by atoms with van der Waals surface area (Å²) in [6.07, 6.45) is 6.99. The van der Waals surface area contributed by atoms with Crippen LogP contribution >= 0.6 is 0 Å². The molecule has 326 valence electrons. The molecule has 11 aromatic carbocycles. The molecule has 0 atom stereocenters. The molecule has 0 N–H and O–H groups in total. The fourth-order valence-electron chi connectivity index (χ4n) is 11.8. The molecule has 0 saturated heterocycles. The maximum Gasteiger partial charge on any atom is 0.180 e. The Kier molecular flexibility index (Phi) is 9.67. The second-order valence-corrected chi connectivity index (χ2v) is 22.0. The van der Waals surface area contributed by atoms with Gasteiger partial charge in [-0.15, -0.1) is 0 Å². The van der Waals surface area contributed by atoms with Crippen molar-refractivity contribution >= 4 is 99.6 Å². The van der Waals surface area contributed by atoms with Crippen LogP contribution in [0.5, 0.6) is 0 Å². The Bertz CT molecular complexity index is 4160. The van der Waals surface area contributed by atoms with E-state index >= 15 is 0 Å².